The molecule has 2 rings (SSSR count). The van der Waals surface area contributed by atoms with Crippen molar-refractivity contribution in [2.24, 2.45) is 0 Å². The number of pyridine rings is 1. The number of ether oxygens (including phenoxy) is 1. The molecular formula is C18H20N2O5S. The average molecular weight is 376 g/mol. The van der Waals surface area contributed by atoms with E-state index in [1.165, 1.54) is 36.7 Å². The van der Waals surface area contributed by atoms with Gasteiger partial charge in [-0.05, 0) is 36.3 Å². The molecule has 26 heavy (non-hydrogen) atoms. The van der Waals surface area contributed by atoms with E-state index in [0.717, 1.165) is 0 Å². The lowest BCUT2D eigenvalue weighted by atomic mass is 10.2. The highest BCUT2D eigenvalue weighted by Gasteiger charge is 2.12. The number of esters is 1. The molecule has 7 nitrogen and oxygen atoms in total. The number of sulfonamides is 1. The zero-order chi connectivity index (χ0) is 19.0. The Morgan fingerprint density at radius 1 is 1.27 bits per heavy atom. The van der Waals surface area contributed by atoms with Gasteiger partial charge in [-0.15, -0.1) is 0 Å². The van der Waals surface area contributed by atoms with Crippen LogP contribution >= 0.6 is 0 Å². The van der Waals surface area contributed by atoms with Crippen molar-refractivity contribution < 1.29 is 22.7 Å². The minimum atomic E-state index is -3.51. The first-order chi connectivity index (χ1) is 12.4. The second kappa shape index (κ2) is 9.12. The summed E-state index contributed by atoms with van der Waals surface area (Å²) < 4.78 is 32.1. The Kier molecular flexibility index (Phi) is 6.88. The summed E-state index contributed by atoms with van der Waals surface area (Å²) in [7, 11) is -3.51. The average Bonchev–Trinajstić information content (AvgIpc) is 2.63. The zero-order valence-electron chi connectivity index (χ0n) is 14.3. The molecule has 0 fully saturated rings. The lowest BCUT2D eigenvalue weighted by molar-refractivity contribution is -0.606. The van der Waals surface area contributed by atoms with Crippen LogP contribution in [-0.2, 0) is 26.2 Å². The number of nitrogens with one attached hydrogen (secondary N) is 1. The normalized spacial score (nSPS) is 11.6. The molecule has 0 radical (unpaired) electrons. The van der Waals surface area contributed by atoms with Crippen LogP contribution in [0.2, 0.25) is 0 Å². The molecule has 0 saturated heterocycles. The number of hydrogen-bond donors (Lipinski definition) is 1. The smallest absolute Gasteiger partial charge is 0.331 e. The van der Waals surface area contributed by atoms with Gasteiger partial charge in [-0.1, -0.05) is 19.1 Å². The van der Waals surface area contributed by atoms with Gasteiger partial charge in [0.1, 0.15) is 6.61 Å². The summed E-state index contributed by atoms with van der Waals surface area (Å²) in [5, 5.41) is 11.1. The molecule has 8 heteroatoms. The molecule has 0 atom stereocenters. The van der Waals surface area contributed by atoms with Gasteiger partial charge < -0.3 is 9.94 Å². The molecule has 1 N–H and O–H groups in total. The second-order valence-electron chi connectivity index (χ2n) is 5.48. The number of hydrogen-bond acceptors (Lipinski definition) is 5. The van der Waals surface area contributed by atoms with Gasteiger partial charge in [-0.2, -0.15) is 4.73 Å². The van der Waals surface area contributed by atoms with Gasteiger partial charge in [-0.3, -0.25) is 0 Å². The maximum atomic E-state index is 12.0. The predicted molar refractivity (Wildman–Crippen MR) is 96.2 cm³/mol. The molecule has 2 aromatic rings. The van der Waals surface area contributed by atoms with Gasteiger partial charge in [0.05, 0.1) is 10.5 Å². The molecule has 138 valence electrons. The molecule has 0 spiro atoms. The monoisotopic (exact) mass is 376 g/mol. The van der Waals surface area contributed by atoms with E-state index < -0.39 is 16.0 Å². The van der Waals surface area contributed by atoms with Crippen LogP contribution in [0.1, 0.15) is 24.5 Å². The van der Waals surface area contributed by atoms with Crippen LogP contribution in [0, 0.1) is 5.21 Å². The van der Waals surface area contributed by atoms with Crippen LogP contribution in [0.5, 0.6) is 0 Å². The first kappa shape index (κ1) is 19.6. The van der Waals surface area contributed by atoms with E-state index in [2.05, 4.69) is 4.72 Å². The van der Waals surface area contributed by atoms with Crippen LogP contribution in [-0.4, -0.2) is 20.9 Å². The Balaban J connectivity index is 1.92. The first-order valence-corrected chi connectivity index (χ1v) is 9.51. The van der Waals surface area contributed by atoms with E-state index >= 15 is 0 Å². The molecule has 0 aliphatic carbocycles. The Labute approximate surface area is 152 Å². The van der Waals surface area contributed by atoms with Crippen LogP contribution in [0.4, 0.5) is 0 Å². The van der Waals surface area contributed by atoms with E-state index in [4.69, 9.17) is 4.74 Å². The van der Waals surface area contributed by atoms with Crippen molar-refractivity contribution in [1.29, 1.82) is 0 Å². The van der Waals surface area contributed by atoms with E-state index in [9.17, 15) is 18.4 Å². The largest absolute Gasteiger partial charge is 0.619 e. The molecule has 1 heterocycles. The maximum absolute atomic E-state index is 12.0. The lowest BCUT2D eigenvalue weighted by Gasteiger charge is -2.05. The van der Waals surface area contributed by atoms with E-state index in [1.54, 1.807) is 24.3 Å². The van der Waals surface area contributed by atoms with Gasteiger partial charge in [0.2, 0.25) is 10.0 Å². The number of carbonyl (C=O) groups excluding carboxylic acids is 1. The predicted octanol–water partition coefficient (Wildman–Crippen LogP) is 1.76. The molecular weight excluding hydrogens is 356 g/mol. The van der Waals surface area contributed by atoms with Crippen molar-refractivity contribution in [3.05, 3.63) is 71.2 Å². The number of aromatic nitrogens is 1. The first-order valence-electron chi connectivity index (χ1n) is 8.03. The fourth-order valence-electron chi connectivity index (χ4n) is 2.03. The molecule has 0 bridgehead atoms. The van der Waals surface area contributed by atoms with E-state index in [1.807, 2.05) is 6.92 Å². The van der Waals surface area contributed by atoms with E-state index in [0.29, 0.717) is 28.8 Å². The van der Waals surface area contributed by atoms with Crippen molar-refractivity contribution in [2.45, 2.75) is 24.8 Å². The highest BCUT2D eigenvalue weighted by atomic mass is 32.2. The van der Waals surface area contributed by atoms with Crippen molar-refractivity contribution in [1.82, 2.24) is 4.72 Å². The Morgan fingerprint density at radius 2 is 2.00 bits per heavy atom. The lowest BCUT2D eigenvalue weighted by Crippen LogP contribution is -2.25. The van der Waals surface area contributed by atoms with Crippen molar-refractivity contribution >= 4 is 22.1 Å². The van der Waals surface area contributed by atoms with Crippen LogP contribution in [0.15, 0.2) is 59.8 Å². The summed E-state index contributed by atoms with van der Waals surface area (Å²) in [6, 6.07) is 9.39. The van der Waals surface area contributed by atoms with Gasteiger partial charge in [0.15, 0.2) is 12.4 Å². The van der Waals surface area contributed by atoms with Crippen molar-refractivity contribution in [3.8, 4) is 0 Å². The molecule has 0 saturated carbocycles. The van der Waals surface area contributed by atoms with Crippen molar-refractivity contribution in [3.63, 3.8) is 0 Å². The molecule has 0 aliphatic heterocycles. The molecule has 0 aliphatic rings. The van der Waals surface area contributed by atoms with Crippen LogP contribution in [0.25, 0.3) is 6.08 Å². The Hall–Kier alpha value is -2.71. The fourth-order valence-corrected chi connectivity index (χ4v) is 3.16. The fraction of sp³-hybridized carbons (Fsp3) is 0.222. The third-order valence-corrected chi connectivity index (χ3v) is 4.84. The third kappa shape index (κ3) is 5.98. The van der Waals surface area contributed by atoms with Gasteiger partial charge in [0.25, 0.3) is 0 Å². The number of nitrogens with zero attached hydrogens (tertiary/aromatic N) is 1. The standard InChI is InChI=1S/C18H20N2O5S/c1-2-11-19-26(23,24)17-8-5-15(6-9-17)7-10-18(21)25-14-16-4-3-12-20(22)13-16/h3-10,12-13,19H,2,11,14H2,1H3. The Morgan fingerprint density at radius 3 is 2.65 bits per heavy atom. The zero-order valence-corrected chi connectivity index (χ0v) is 15.1. The summed E-state index contributed by atoms with van der Waals surface area (Å²) in [5.74, 6) is -0.562. The Bertz CT molecular complexity index is 877. The SMILES string of the molecule is CCCNS(=O)(=O)c1ccc(C=CC(=O)OCc2ccc[n+]([O-])c2)cc1. The summed E-state index contributed by atoms with van der Waals surface area (Å²) in [4.78, 5) is 11.9. The molecule has 0 amide bonds. The number of benzene rings is 1. The quantitative estimate of drug-likeness (QED) is 0.328. The van der Waals surface area contributed by atoms with Crippen molar-refractivity contribution in [2.75, 3.05) is 6.54 Å². The highest BCUT2D eigenvalue weighted by Crippen LogP contribution is 2.12. The molecule has 0 unspecified atom stereocenters. The minimum Gasteiger partial charge on any atom is -0.619 e. The maximum Gasteiger partial charge on any atom is 0.331 e. The highest BCUT2D eigenvalue weighted by molar-refractivity contribution is 7.89. The number of carbonyl (C=O) groups is 1. The summed E-state index contributed by atoms with van der Waals surface area (Å²) >= 11 is 0. The van der Waals surface area contributed by atoms with Gasteiger partial charge in [0, 0.05) is 18.7 Å². The topological polar surface area (TPSA) is 99.4 Å². The summed E-state index contributed by atoms with van der Waals surface area (Å²) in [6.07, 6.45) is 6.14. The molecule has 1 aromatic heterocycles. The van der Waals surface area contributed by atoms with E-state index in [-0.39, 0.29) is 11.5 Å². The third-order valence-electron chi connectivity index (χ3n) is 3.36. The second-order valence-corrected chi connectivity index (χ2v) is 7.25. The van der Waals surface area contributed by atoms with Gasteiger partial charge in [-0.25, -0.2) is 17.9 Å². The van der Waals surface area contributed by atoms with Gasteiger partial charge >= 0.3 is 5.97 Å². The summed E-state index contributed by atoms with van der Waals surface area (Å²) in [5.41, 5.74) is 1.24. The van der Waals surface area contributed by atoms with Crippen LogP contribution < -0.4 is 9.45 Å². The number of rotatable bonds is 8. The minimum absolute atomic E-state index is 0.00741. The van der Waals surface area contributed by atoms with Crippen LogP contribution in [0.3, 0.4) is 0 Å². The summed E-state index contributed by atoms with van der Waals surface area (Å²) in [6.45, 7) is 2.25. The molecule has 1 aromatic carbocycles.